The van der Waals surface area contributed by atoms with Crippen molar-refractivity contribution in [1.82, 2.24) is 0 Å². The monoisotopic (exact) mass is 218 g/mol. The summed E-state index contributed by atoms with van der Waals surface area (Å²) in [7, 11) is 1.44. The first-order valence-corrected chi connectivity index (χ1v) is 4.47. The van der Waals surface area contributed by atoms with Crippen LogP contribution in [0.15, 0.2) is 18.2 Å². The fourth-order valence-corrected chi connectivity index (χ4v) is 1.25. The molecule has 1 rings (SSSR count). The molecule has 0 aliphatic rings. The molecule has 0 spiro atoms. The molecule has 16 heavy (non-hydrogen) atoms. The second-order valence-corrected chi connectivity index (χ2v) is 3.08. The molecule has 1 aromatic rings. The standard InChI is InChI=1S/C11H10N2O3/c1-16-8-3-2-7(5-12)9(4-8)11(15)10(14)6-13/h2-4,10-11,14-15H,1H3. The smallest absolute Gasteiger partial charge is 0.170 e. The number of hydrogen-bond donors (Lipinski definition) is 2. The molecule has 0 heterocycles. The number of rotatable bonds is 3. The van der Waals surface area contributed by atoms with E-state index in [9.17, 15) is 10.2 Å². The van der Waals surface area contributed by atoms with Gasteiger partial charge in [0.1, 0.15) is 11.9 Å². The summed E-state index contributed by atoms with van der Waals surface area (Å²) < 4.78 is 4.93. The number of benzene rings is 1. The quantitative estimate of drug-likeness (QED) is 0.719. The van der Waals surface area contributed by atoms with Gasteiger partial charge in [0.05, 0.1) is 24.8 Å². The van der Waals surface area contributed by atoms with Gasteiger partial charge in [-0.15, -0.1) is 0 Å². The highest BCUT2D eigenvalue weighted by molar-refractivity contribution is 5.44. The van der Waals surface area contributed by atoms with Gasteiger partial charge in [-0.05, 0) is 18.2 Å². The number of ether oxygens (including phenoxy) is 1. The average Bonchev–Trinajstić information content (AvgIpc) is 2.35. The first-order chi connectivity index (χ1) is 7.63. The van der Waals surface area contributed by atoms with Crippen LogP contribution < -0.4 is 4.74 Å². The third-order valence-electron chi connectivity index (χ3n) is 2.13. The second kappa shape index (κ2) is 5.13. The van der Waals surface area contributed by atoms with Gasteiger partial charge < -0.3 is 14.9 Å². The topological polar surface area (TPSA) is 97.3 Å². The zero-order valence-corrected chi connectivity index (χ0v) is 8.58. The number of aliphatic hydroxyl groups is 2. The zero-order valence-electron chi connectivity index (χ0n) is 8.58. The molecule has 0 fully saturated rings. The molecule has 0 saturated heterocycles. The van der Waals surface area contributed by atoms with E-state index in [1.54, 1.807) is 6.07 Å². The minimum Gasteiger partial charge on any atom is -0.497 e. The maximum absolute atomic E-state index is 9.64. The Kier molecular flexibility index (Phi) is 3.84. The van der Waals surface area contributed by atoms with Crippen molar-refractivity contribution < 1.29 is 14.9 Å². The van der Waals surface area contributed by atoms with Crippen molar-refractivity contribution in [1.29, 1.82) is 10.5 Å². The van der Waals surface area contributed by atoms with Crippen molar-refractivity contribution in [3.8, 4) is 17.9 Å². The molecule has 82 valence electrons. The van der Waals surface area contributed by atoms with E-state index < -0.39 is 12.2 Å². The Bertz CT molecular complexity index is 459. The third-order valence-corrected chi connectivity index (χ3v) is 2.13. The van der Waals surface area contributed by atoms with Crippen LogP contribution in [0.4, 0.5) is 0 Å². The summed E-state index contributed by atoms with van der Waals surface area (Å²) in [4.78, 5) is 0. The minimum absolute atomic E-state index is 0.177. The number of methoxy groups -OCH3 is 1. The lowest BCUT2D eigenvalue weighted by Crippen LogP contribution is -2.17. The lowest BCUT2D eigenvalue weighted by molar-refractivity contribution is 0.0525. The van der Waals surface area contributed by atoms with Gasteiger partial charge in [-0.2, -0.15) is 10.5 Å². The third kappa shape index (κ3) is 2.29. The van der Waals surface area contributed by atoms with Gasteiger partial charge in [0.25, 0.3) is 0 Å². The number of nitrogens with zero attached hydrogens (tertiary/aromatic N) is 2. The Morgan fingerprint density at radius 1 is 1.31 bits per heavy atom. The van der Waals surface area contributed by atoms with Gasteiger partial charge in [-0.25, -0.2) is 0 Å². The highest BCUT2D eigenvalue weighted by Crippen LogP contribution is 2.25. The lowest BCUT2D eigenvalue weighted by atomic mass is 9.99. The summed E-state index contributed by atoms with van der Waals surface area (Å²) in [6, 6.07) is 7.82. The molecule has 0 saturated carbocycles. The van der Waals surface area contributed by atoms with Crippen molar-refractivity contribution in [3.05, 3.63) is 29.3 Å². The Morgan fingerprint density at radius 3 is 2.50 bits per heavy atom. The normalized spacial score (nSPS) is 13.3. The van der Waals surface area contributed by atoms with E-state index in [4.69, 9.17) is 15.3 Å². The van der Waals surface area contributed by atoms with Crippen LogP contribution in [0.2, 0.25) is 0 Å². The highest BCUT2D eigenvalue weighted by atomic mass is 16.5. The first-order valence-electron chi connectivity index (χ1n) is 4.47. The van der Waals surface area contributed by atoms with Crippen LogP contribution in [-0.2, 0) is 0 Å². The van der Waals surface area contributed by atoms with E-state index in [-0.39, 0.29) is 11.1 Å². The maximum atomic E-state index is 9.64. The molecule has 5 heteroatoms. The molecular formula is C11H10N2O3. The summed E-state index contributed by atoms with van der Waals surface area (Å²) in [5, 5.41) is 36.1. The van der Waals surface area contributed by atoms with E-state index in [1.807, 2.05) is 6.07 Å². The Hall–Kier alpha value is -2.08. The van der Waals surface area contributed by atoms with Gasteiger partial charge in [-0.1, -0.05) is 0 Å². The molecule has 0 aliphatic heterocycles. The fraction of sp³-hybridized carbons (Fsp3) is 0.273. The Morgan fingerprint density at radius 2 is 2.00 bits per heavy atom. The second-order valence-electron chi connectivity index (χ2n) is 3.08. The molecule has 1 aromatic carbocycles. The summed E-state index contributed by atoms with van der Waals surface area (Å²) in [6.45, 7) is 0. The van der Waals surface area contributed by atoms with Crippen molar-refractivity contribution in [3.63, 3.8) is 0 Å². The van der Waals surface area contributed by atoms with Crippen molar-refractivity contribution in [2.45, 2.75) is 12.2 Å². The molecule has 2 atom stereocenters. The van der Waals surface area contributed by atoms with Crippen LogP contribution in [0.3, 0.4) is 0 Å². The van der Waals surface area contributed by atoms with E-state index in [1.165, 1.54) is 25.3 Å². The predicted molar refractivity (Wildman–Crippen MR) is 54.3 cm³/mol. The molecular weight excluding hydrogens is 208 g/mol. The minimum atomic E-state index is -1.57. The van der Waals surface area contributed by atoms with E-state index in [2.05, 4.69) is 0 Å². The van der Waals surface area contributed by atoms with Crippen molar-refractivity contribution in [2.75, 3.05) is 7.11 Å². The maximum Gasteiger partial charge on any atom is 0.170 e. The van der Waals surface area contributed by atoms with Crippen LogP contribution >= 0.6 is 0 Å². The van der Waals surface area contributed by atoms with Gasteiger partial charge in [0.15, 0.2) is 6.10 Å². The number of aliphatic hydroxyl groups excluding tert-OH is 2. The van der Waals surface area contributed by atoms with Crippen LogP contribution in [0, 0.1) is 22.7 Å². The lowest BCUT2D eigenvalue weighted by Gasteiger charge is -2.14. The van der Waals surface area contributed by atoms with Crippen LogP contribution in [0.25, 0.3) is 0 Å². The Balaban J connectivity index is 3.20. The van der Waals surface area contributed by atoms with Crippen molar-refractivity contribution in [2.24, 2.45) is 0 Å². The van der Waals surface area contributed by atoms with E-state index >= 15 is 0 Å². The predicted octanol–water partition coefficient (Wildman–Crippen LogP) is 0.485. The summed E-state index contributed by atoms with van der Waals surface area (Å²) in [5.74, 6) is 0.443. The van der Waals surface area contributed by atoms with E-state index in [0.717, 1.165) is 0 Å². The summed E-state index contributed by atoms with van der Waals surface area (Å²) in [5.41, 5.74) is 0.374. The van der Waals surface area contributed by atoms with Gasteiger partial charge >= 0.3 is 0 Å². The SMILES string of the molecule is COc1ccc(C#N)c(C(O)C(O)C#N)c1. The fourth-order valence-electron chi connectivity index (χ4n) is 1.25. The molecule has 0 aromatic heterocycles. The van der Waals surface area contributed by atoms with Crippen LogP contribution in [-0.4, -0.2) is 23.4 Å². The van der Waals surface area contributed by atoms with Gasteiger partial charge in [0, 0.05) is 5.56 Å². The Labute approximate surface area is 92.7 Å². The molecule has 0 aliphatic carbocycles. The molecule has 0 radical (unpaired) electrons. The molecule has 0 amide bonds. The number of hydrogen-bond acceptors (Lipinski definition) is 5. The van der Waals surface area contributed by atoms with Crippen LogP contribution in [0.5, 0.6) is 5.75 Å². The molecule has 2 unspecified atom stereocenters. The number of nitriles is 2. The summed E-state index contributed by atoms with van der Waals surface area (Å²) in [6.07, 6.45) is -2.99. The molecule has 2 N–H and O–H groups in total. The molecule has 5 nitrogen and oxygen atoms in total. The highest BCUT2D eigenvalue weighted by Gasteiger charge is 2.21. The van der Waals surface area contributed by atoms with Crippen molar-refractivity contribution >= 4 is 0 Å². The van der Waals surface area contributed by atoms with E-state index in [0.29, 0.717) is 5.75 Å². The average molecular weight is 218 g/mol. The summed E-state index contributed by atoms with van der Waals surface area (Å²) >= 11 is 0. The van der Waals surface area contributed by atoms with Crippen LogP contribution in [0.1, 0.15) is 17.2 Å². The van der Waals surface area contributed by atoms with Gasteiger partial charge in [-0.3, -0.25) is 0 Å². The first kappa shape index (κ1) is 12.0. The van der Waals surface area contributed by atoms with Gasteiger partial charge in [0.2, 0.25) is 0 Å². The largest absolute Gasteiger partial charge is 0.497 e. The molecule has 0 bridgehead atoms. The zero-order chi connectivity index (χ0) is 12.1.